The first-order chi connectivity index (χ1) is 7.33. The Hall–Kier alpha value is -2.03. The van der Waals surface area contributed by atoms with Crippen LogP contribution in [0.4, 0.5) is 0 Å². The Morgan fingerprint density at radius 3 is 2.93 bits per heavy atom. The first-order valence-electron chi connectivity index (χ1n) is 4.62. The third kappa shape index (κ3) is 1.91. The van der Waals surface area contributed by atoms with Gasteiger partial charge in [-0.1, -0.05) is 0 Å². The summed E-state index contributed by atoms with van der Waals surface area (Å²) in [6.45, 7) is 0. The van der Waals surface area contributed by atoms with Gasteiger partial charge in [0, 0.05) is 16.6 Å². The number of hydrogen-bond donors (Lipinski definition) is 1. The summed E-state index contributed by atoms with van der Waals surface area (Å²) in [5.74, 6) is 0.826. The summed E-state index contributed by atoms with van der Waals surface area (Å²) in [6, 6.07) is 7.76. The number of carbonyl (C=O) groups excluding carboxylic acids is 1. The summed E-state index contributed by atoms with van der Waals surface area (Å²) in [6.07, 6.45) is 3.95. The van der Waals surface area contributed by atoms with Crippen LogP contribution < -0.4 is 4.74 Å². The standard InChI is InChI=1S/C12H11NO2/c1-15-11-4-5-12-9(8-11)7-10(13-12)3-2-6-14/h2-8,13H,1H3. The van der Waals surface area contributed by atoms with Crippen LogP contribution in [0.2, 0.25) is 0 Å². The van der Waals surface area contributed by atoms with Crippen LogP contribution in [0.3, 0.4) is 0 Å². The molecule has 0 saturated heterocycles. The second-order valence-corrected chi connectivity index (χ2v) is 3.17. The minimum atomic E-state index is 0.756. The number of methoxy groups -OCH3 is 1. The van der Waals surface area contributed by atoms with Gasteiger partial charge < -0.3 is 9.72 Å². The van der Waals surface area contributed by atoms with Crippen molar-refractivity contribution < 1.29 is 9.53 Å². The molecule has 2 rings (SSSR count). The zero-order valence-electron chi connectivity index (χ0n) is 8.36. The summed E-state index contributed by atoms with van der Waals surface area (Å²) in [4.78, 5) is 13.4. The Morgan fingerprint density at radius 1 is 1.33 bits per heavy atom. The second-order valence-electron chi connectivity index (χ2n) is 3.17. The molecule has 0 radical (unpaired) electrons. The highest BCUT2D eigenvalue weighted by atomic mass is 16.5. The number of nitrogens with one attached hydrogen (secondary N) is 1. The molecule has 0 fully saturated rings. The van der Waals surface area contributed by atoms with Gasteiger partial charge in [0.1, 0.15) is 12.0 Å². The van der Waals surface area contributed by atoms with Crippen molar-refractivity contribution in [3.05, 3.63) is 36.0 Å². The number of aromatic amines is 1. The molecule has 3 heteroatoms. The van der Waals surface area contributed by atoms with Crippen molar-refractivity contribution in [1.29, 1.82) is 0 Å². The molecule has 0 saturated carbocycles. The fourth-order valence-corrected chi connectivity index (χ4v) is 1.49. The molecule has 0 aliphatic rings. The maximum Gasteiger partial charge on any atom is 0.142 e. The van der Waals surface area contributed by atoms with Crippen molar-refractivity contribution in [1.82, 2.24) is 4.98 Å². The van der Waals surface area contributed by atoms with E-state index in [2.05, 4.69) is 4.98 Å². The quantitative estimate of drug-likeness (QED) is 0.612. The average Bonchev–Trinajstić information content (AvgIpc) is 2.67. The molecule has 1 aromatic carbocycles. The van der Waals surface area contributed by atoms with Gasteiger partial charge in [-0.15, -0.1) is 0 Å². The van der Waals surface area contributed by atoms with Crippen LogP contribution in [0.5, 0.6) is 5.75 Å². The van der Waals surface area contributed by atoms with E-state index < -0.39 is 0 Å². The SMILES string of the molecule is COc1ccc2[nH]c(C=CC=O)cc2c1. The molecule has 0 unspecified atom stereocenters. The molecular formula is C12H11NO2. The number of rotatable bonds is 3. The lowest BCUT2D eigenvalue weighted by Crippen LogP contribution is -1.80. The predicted octanol–water partition coefficient (Wildman–Crippen LogP) is 2.39. The normalized spacial score (nSPS) is 11.0. The highest BCUT2D eigenvalue weighted by molar-refractivity contribution is 5.85. The van der Waals surface area contributed by atoms with Crippen molar-refractivity contribution in [3.63, 3.8) is 0 Å². The molecule has 0 bridgehead atoms. The van der Waals surface area contributed by atoms with Gasteiger partial charge in [0.05, 0.1) is 7.11 Å². The van der Waals surface area contributed by atoms with Crippen LogP contribution >= 0.6 is 0 Å². The van der Waals surface area contributed by atoms with E-state index in [1.807, 2.05) is 24.3 Å². The Bertz CT molecular complexity index is 511. The van der Waals surface area contributed by atoms with Gasteiger partial charge in [0.2, 0.25) is 0 Å². The molecule has 76 valence electrons. The predicted molar refractivity (Wildman–Crippen MR) is 59.9 cm³/mol. The van der Waals surface area contributed by atoms with Crippen LogP contribution in [-0.2, 0) is 4.79 Å². The van der Waals surface area contributed by atoms with Gasteiger partial charge in [0.15, 0.2) is 0 Å². The lowest BCUT2D eigenvalue weighted by molar-refractivity contribution is -0.104. The molecule has 0 spiro atoms. The lowest BCUT2D eigenvalue weighted by atomic mass is 10.2. The molecule has 0 aliphatic carbocycles. The third-order valence-electron chi connectivity index (χ3n) is 2.20. The van der Waals surface area contributed by atoms with E-state index >= 15 is 0 Å². The smallest absolute Gasteiger partial charge is 0.142 e. The van der Waals surface area contributed by atoms with E-state index in [0.29, 0.717) is 0 Å². The summed E-state index contributed by atoms with van der Waals surface area (Å²) >= 11 is 0. The summed E-state index contributed by atoms with van der Waals surface area (Å²) in [5, 5.41) is 1.07. The maximum absolute atomic E-state index is 10.2. The zero-order valence-corrected chi connectivity index (χ0v) is 8.36. The van der Waals surface area contributed by atoms with E-state index in [9.17, 15) is 4.79 Å². The highest BCUT2D eigenvalue weighted by Gasteiger charge is 1.99. The fraction of sp³-hybridized carbons (Fsp3) is 0.0833. The highest BCUT2D eigenvalue weighted by Crippen LogP contribution is 2.21. The van der Waals surface area contributed by atoms with Crippen LogP contribution in [0, 0.1) is 0 Å². The van der Waals surface area contributed by atoms with Crippen molar-refractivity contribution in [3.8, 4) is 5.75 Å². The van der Waals surface area contributed by atoms with E-state index in [-0.39, 0.29) is 0 Å². The van der Waals surface area contributed by atoms with Crippen molar-refractivity contribution >= 4 is 23.3 Å². The van der Waals surface area contributed by atoms with Crippen LogP contribution in [0.15, 0.2) is 30.3 Å². The van der Waals surface area contributed by atoms with Gasteiger partial charge in [0.25, 0.3) is 0 Å². The number of carbonyl (C=O) groups is 1. The number of aromatic nitrogens is 1. The Balaban J connectivity index is 2.46. The zero-order chi connectivity index (χ0) is 10.7. The maximum atomic E-state index is 10.2. The Morgan fingerprint density at radius 2 is 2.20 bits per heavy atom. The van der Waals surface area contributed by atoms with Gasteiger partial charge in [-0.3, -0.25) is 4.79 Å². The van der Waals surface area contributed by atoms with Crippen LogP contribution in [0.1, 0.15) is 5.69 Å². The largest absolute Gasteiger partial charge is 0.497 e. The number of ether oxygens (including phenoxy) is 1. The Labute approximate surface area is 87.4 Å². The number of H-pyrrole nitrogens is 1. The number of allylic oxidation sites excluding steroid dienone is 1. The monoisotopic (exact) mass is 201 g/mol. The number of fused-ring (bicyclic) bond motifs is 1. The van der Waals surface area contributed by atoms with Crippen molar-refractivity contribution in [2.24, 2.45) is 0 Å². The van der Waals surface area contributed by atoms with Crippen molar-refractivity contribution in [2.75, 3.05) is 7.11 Å². The molecular weight excluding hydrogens is 190 g/mol. The molecule has 3 nitrogen and oxygen atoms in total. The topological polar surface area (TPSA) is 42.1 Å². The molecule has 0 amide bonds. The first kappa shape index (κ1) is 9.52. The summed E-state index contributed by atoms with van der Waals surface area (Å²) < 4.78 is 5.12. The van der Waals surface area contributed by atoms with E-state index in [0.717, 1.165) is 28.6 Å². The molecule has 1 aromatic heterocycles. The Kier molecular flexibility index (Phi) is 2.54. The van der Waals surface area contributed by atoms with Crippen LogP contribution in [0.25, 0.3) is 17.0 Å². The van der Waals surface area contributed by atoms with Crippen LogP contribution in [-0.4, -0.2) is 18.4 Å². The average molecular weight is 201 g/mol. The number of benzene rings is 1. The molecule has 1 heterocycles. The molecule has 1 N–H and O–H groups in total. The van der Waals surface area contributed by atoms with Gasteiger partial charge in [-0.25, -0.2) is 0 Å². The van der Waals surface area contributed by atoms with E-state index in [4.69, 9.17) is 4.74 Å². The van der Waals surface area contributed by atoms with E-state index in [1.54, 1.807) is 13.2 Å². The van der Waals surface area contributed by atoms with Crippen molar-refractivity contribution in [2.45, 2.75) is 0 Å². The summed E-state index contributed by atoms with van der Waals surface area (Å²) in [5.41, 5.74) is 1.94. The number of aldehydes is 1. The minimum absolute atomic E-state index is 0.756. The molecule has 2 aromatic rings. The second kappa shape index (κ2) is 4.00. The minimum Gasteiger partial charge on any atom is -0.497 e. The number of hydrogen-bond acceptors (Lipinski definition) is 2. The lowest BCUT2D eigenvalue weighted by Gasteiger charge is -1.97. The summed E-state index contributed by atoms with van der Waals surface area (Å²) in [7, 11) is 1.64. The van der Waals surface area contributed by atoms with E-state index in [1.165, 1.54) is 6.08 Å². The van der Waals surface area contributed by atoms with Gasteiger partial charge in [-0.2, -0.15) is 0 Å². The first-order valence-corrected chi connectivity index (χ1v) is 4.62. The van der Waals surface area contributed by atoms with Gasteiger partial charge >= 0.3 is 0 Å². The van der Waals surface area contributed by atoms with Gasteiger partial charge in [-0.05, 0) is 36.4 Å². The molecule has 0 aliphatic heterocycles. The molecule has 15 heavy (non-hydrogen) atoms. The third-order valence-corrected chi connectivity index (χ3v) is 2.20. The fourth-order valence-electron chi connectivity index (χ4n) is 1.49. The molecule has 0 atom stereocenters.